The highest BCUT2D eigenvalue weighted by Gasteiger charge is 2.19. The molecule has 0 aliphatic carbocycles. The molecule has 4 aromatic rings. The SMILES string of the molecule is C=CCn1c(SCC(=O)N(C)Cc2ccco2)nc2scc(-c3ccccc3)c2c1=O. The molecule has 0 radical (unpaired) electrons. The van der Waals surface area contributed by atoms with Gasteiger partial charge >= 0.3 is 0 Å². The Balaban J connectivity index is 1.62. The van der Waals surface area contributed by atoms with Crippen molar-refractivity contribution in [2.45, 2.75) is 18.2 Å². The van der Waals surface area contributed by atoms with Crippen molar-refractivity contribution in [1.29, 1.82) is 0 Å². The predicted molar refractivity (Wildman–Crippen MR) is 125 cm³/mol. The Kier molecular flexibility index (Phi) is 6.39. The number of furan rings is 1. The third kappa shape index (κ3) is 4.50. The molecule has 6 nitrogen and oxygen atoms in total. The van der Waals surface area contributed by atoms with Crippen molar-refractivity contribution in [3.63, 3.8) is 0 Å². The molecule has 3 aromatic heterocycles. The summed E-state index contributed by atoms with van der Waals surface area (Å²) in [5.41, 5.74) is 1.73. The van der Waals surface area contributed by atoms with E-state index in [-0.39, 0.29) is 17.2 Å². The maximum absolute atomic E-state index is 13.3. The summed E-state index contributed by atoms with van der Waals surface area (Å²) in [5.74, 6) is 0.816. The van der Waals surface area contributed by atoms with E-state index in [1.807, 2.05) is 41.8 Å². The number of amides is 1. The number of aromatic nitrogens is 2. The van der Waals surface area contributed by atoms with Crippen LogP contribution in [0.2, 0.25) is 0 Å². The van der Waals surface area contributed by atoms with Crippen LogP contribution in [0, 0.1) is 0 Å². The molecule has 0 spiro atoms. The highest BCUT2D eigenvalue weighted by molar-refractivity contribution is 7.99. The van der Waals surface area contributed by atoms with Crippen LogP contribution in [0.4, 0.5) is 0 Å². The fourth-order valence-corrected chi connectivity index (χ4v) is 5.13. The minimum Gasteiger partial charge on any atom is -0.467 e. The zero-order valence-corrected chi connectivity index (χ0v) is 18.6. The third-order valence-electron chi connectivity index (χ3n) is 4.78. The number of hydrogen-bond donors (Lipinski definition) is 0. The number of thioether (sulfide) groups is 1. The molecule has 0 saturated carbocycles. The normalized spacial score (nSPS) is 11.0. The molecule has 0 aliphatic heterocycles. The zero-order valence-electron chi connectivity index (χ0n) is 17.0. The van der Waals surface area contributed by atoms with E-state index in [0.29, 0.717) is 28.5 Å². The molecule has 0 fully saturated rings. The van der Waals surface area contributed by atoms with Crippen molar-refractivity contribution in [3.8, 4) is 11.1 Å². The third-order valence-corrected chi connectivity index (χ3v) is 6.61. The number of carbonyl (C=O) groups excluding carboxylic acids is 1. The molecule has 0 unspecified atom stereocenters. The minimum absolute atomic E-state index is 0.0722. The lowest BCUT2D eigenvalue weighted by Crippen LogP contribution is -2.28. The van der Waals surface area contributed by atoms with Crippen LogP contribution in [0.5, 0.6) is 0 Å². The smallest absolute Gasteiger partial charge is 0.263 e. The van der Waals surface area contributed by atoms with Crippen LogP contribution in [-0.4, -0.2) is 33.2 Å². The topological polar surface area (TPSA) is 68.3 Å². The van der Waals surface area contributed by atoms with Gasteiger partial charge in [0.05, 0.1) is 23.9 Å². The molecule has 0 N–H and O–H groups in total. The fraction of sp³-hybridized carbons (Fsp3) is 0.174. The summed E-state index contributed by atoms with van der Waals surface area (Å²) in [4.78, 5) is 32.9. The van der Waals surface area contributed by atoms with Gasteiger partial charge in [0.15, 0.2) is 5.16 Å². The summed E-state index contributed by atoms with van der Waals surface area (Å²) in [6.45, 7) is 4.49. The lowest BCUT2D eigenvalue weighted by molar-refractivity contribution is -0.127. The average Bonchev–Trinajstić information content (AvgIpc) is 3.45. The highest BCUT2D eigenvalue weighted by atomic mass is 32.2. The summed E-state index contributed by atoms with van der Waals surface area (Å²) >= 11 is 2.69. The number of thiophene rings is 1. The second-order valence-corrected chi connectivity index (χ2v) is 8.71. The lowest BCUT2D eigenvalue weighted by atomic mass is 10.1. The van der Waals surface area contributed by atoms with Crippen LogP contribution in [0.1, 0.15) is 5.76 Å². The van der Waals surface area contributed by atoms with Crippen LogP contribution in [0.15, 0.2) is 81.1 Å². The molecule has 158 valence electrons. The van der Waals surface area contributed by atoms with Gasteiger partial charge in [-0.3, -0.25) is 14.2 Å². The lowest BCUT2D eigenvalue weighted by Gasteiger charge is -2.16. The van der Waals surface area contributed by atoms with Gasteiger partial charge in [0.1, 0.15) is 10.6 Å². The molecule has 31 heavy (non-hydrogen) atoms. The number of fused-ring (bicyclic) bond motifs is 1. The molecule has 8 heteroatoms. The van der Waals surface area contributed by atoms with Gasteiger partial charge in [-0.1, -0.05) is 48.2 Å². The van der Waals surface area contributed by atoms with Crippen molar-refractivity contribution in [2.75, 3.05) is 12.8 Å². The molecule has 1 amide bonds. The largest absolute Gasteiger partial charge is 0.467 e. The van der Waals surface area contributed by atoms with Gasteiger partial charge in [-0.05, 0) is 17.7 Å². The van der Waals surface area contributed by atoms with Gasteiger partial charge in [-0.2, -0.15) is 0 Å². The van der Waals surface area contributed by atoms with E-state index < -0.39 is 0 Å². The van der Waals surface area contributed by atoms with E-state index in [1.54, 1.807) is 34.9 Å². The molecule has 0 atom stereocenters. The molecular formula is C23H21N3O3S2. The molecule has 1 aromatic carbocycles. The molecule has 0 saturated heterocycles. The van der Waals surface area contributed by atoms with E-state index in [4.69, 9.17) is 9.40 Å². The zero-order chi connectivity index (χ0) is 21.8. The quantitative estimate of drug-likeness (QED) is 0.222. The number of hydrogen-bond acceptors (Lipinski definition) is 6. The van der Waals surface area contributed by atoms with Gasteiger partial charge in [0.2, 0.25) is 5.91 Å². The van der Waals surface area contributed by atoms with Crippen LogP contribution in [0.25, 0.3) is 21.3 Å². The summed E-state index contributed by atoms with van der Waals surface area (Å²) < 4.78 is 6.88. The average molecular weight is 452 g/mol. The second-order valence-electron chi connectivity index (χ2n) is 6.91. The number of benzene rings is 1. The standard InChI is InChI=1S/C23H21N3O3S2/c1-3-11-26-22(28)20-18(16-8-5-4-6-9-16)14-30-21(20)24-23(26)31-15-19(27)25(2)13-17-10-7-12-29-17/h3-10,12,14H,1,11,13,15H2,2H3. The van der Waals surface area contributed by atoms with E-state index >= 15 is 0 Å². The molecule has 0 aliphatic rings. The summed E-state index contributed by atoms with van der Waals surface area (Å²) in [7, 11) is 1.73. The molecule has 0 bridgehead atoms. The van der Waals surface area contributed by atoms with Crippen molar-refractivity contribution >= 4 is 39.2 Å². The first-order valence-electron chi connectivity index (χ1n) is 9.66. The van der Waals surface area contributed by atoms with Crippen LogP contribution in [0.3, 0.4) is 0 Å². The monoisotopic (exact) mass is 451 g/mol. The van der Waals surface area contributed by atoms with Crippen molar-refractivity contribution < 1.29 is 9.21 Å². The number of rotatable bonds is 8. The van der Waals surface area contributed by atoms with Crippen LogP contribution in [-0.2, 0) is 17.9 Å². The highest BCUT2D eigenvalue weighted by Crippen LogP contribution is 2.32. The number of carbonyl (C=O) groups is 1. The summed E-state index contributed by atoms with van der Waals surface area (Å²) in [6.07, 6.45) is 3.25. The maximum Gasteiger partial charge on any atom is 0.263 e. The van der Waals surface area contributed by atoms with Gasteiger partial charge in [-0.25, -0.2) is 4.98 Å². The minimum atomic E-state index is -0.121. The number of allylic oxidation sites excluding steroid dienone is 1. The Bertz CT molecular complexity index is 1260. The van der Waals surface area contributed by atoms with Gasteiger partial charge in [-0.15, -0.1) is 17.9 Å². The van der Waals surface area contributed by atoms with E-state index in [9.17, 15) is 9.59 Å². The second kappa shape index (κ2) is 9.36. The maximum atomic E-state index is 13.3. The van der Waals surface area contributed by atoms with E-state index in [2.05, 4.69) is 6.58 Å². The summed E-state index contributed by atoms with van der Waals surface area (Å²) in [6, 6.07) is 13.4. The van der Waals surface area contributed by atoms with Gasteiger partial charge in [0, 0.05) is 24.5 Å². The van der Waals surface area contributed by atoms with Crippen molar-refractivity contribution in [3.05, 3.63) is 82.9 Å². The first kappa shape index (κ1) is 21.1. The first-order chi connectivity index (χ1) is 15.1. The first-order valence-corrected chi connectivity index (χ1v) is 11.5. The molecule has 3 heterocycles. The fourth-order valence-electron chi connectivity index (χ4n) is 3.20. The Morgan fingerprint density at radius 3 is 2.81 bits per heavy atom. The summed E-state index contributed by atoms with van der Waals surface area (Å²) in [5, 5.41) is 3.07. The molecule has 4 rings (SSSR count). The van der Waals surface area contributed by atoms with Crippen molar-refractivity contribution in [1.82, 2.24) is 14.5 Å². The Morgan fingerprint density at radius 1 is 1.29 bits per heavy atom. The predicted octanol–water partition coefficient (Wildman–Crippen LogP) is 4.65. The Labute approximate surface area is 187 Å². The Morgan fingerprint density at radius 2 is 2.10 bits per heavy atom. The van der Waals surface area contributed by atoms with Crippen LogP contribution < -0.4 is 5.56 Å². The van der Waals surface area contributed by atoms with Crippen LogP contribution >= 0.6 is 23.1 Å². The van der Waals surface area contributed by atoms with Gasteiger partial charge in [0.25, 0.3) is 5.56 Å². The number of nitrogens with zero attached hydrogens (tertiary/aromatic N) is 3. The Hall–Kier alpha value is -3.10. The molecular weight excluding hydrogens is 430 g/mol. The van der Waals surface area contributed by atoms with Gasteiger partial charge < -0.3 is 9.32 Å². The van der Waals surface area contributed by atoms with Crippen molar-refractivity contribution in [2.24, 2.45) is 0 Å². The van der Waals surface area contributed by atoms with E-state index in [1.165, 1.54) is 23.1 Å². The van der Waals surface area contributed by atoms with E-state index in [0.717, 1.165) is 16.9 Å².